The highest BCUT2D eigenvalue weighted by Crippen LogP contribution is 2.38. The Morgan fingerprint density at radius 2 is 1.27 bits per heavy atom. The van der Waals surface area contributed by atoms with E-state index in [0.717, 1.165) is 88.4 Å². The highest BCUT2D eigenvalue weighted by atomic mass is 16.3. The Bertz CT molecular complexity index is 2770. The summed E-state index contributed by atoms with van der Waals surface area (Å²) in [5, 5.41) is 10.0. The minimum atomic E-state index is -0.335. The van der Waals surface area contributed by atoms with Crippen LogP contribution in [0.15, 0.2) is 165 Å². The lowest BCUT2D eigenvalue weighted by Gasteiger charge is -2.24. The number of aromatic nitrogens is 1. The van der Waals surface area contributed by atoms with Gasteiger partial charge >= 0.3 is 0 Å². The predicted molar refractivity (Wildman–Crippen MR) is 194 cm³/mol. The predicted octanol–water partition coefficient (Wildman–Crippen LogP) is 10.2. The summed E-state index contributed by atoms with van der Waals surface area (Å²) in [5.41, 5.74) is 8.05. The molecule has 1 unspecified atom stereocenters. The summed E-state index contributed by atoms with van der Waals surface area (Å²) in [6, 6.07) is 47.4. The molecule has 6 heteroatoms. The van der Waals surface area contributed by atoms with Crippen molar-refractivity contribution >= 4 is 66.3 Å². The van der Waals surface area contributed by atoms with Crippen LogP contribution in [0, 0.1) is 0 Å². The first-order valence-corrected chi connectivity index (χ1v) is 16.0. The number of aliphatic imine (C=N–C) groups is 2. The molecular formula is C42H26N4O2. The van der Waals surface area contributed by atoms with Crippen LogP contribution in [0.2, 0.25) is 0 Å². The highest BCUT2D eigenvalue weighted by molar-refractivity contribution is 6.22. The molecule has 1 atom stereocenters. The Morgan fingerprint density at radius 1 is 0.542 bits per heavy atom. The molecule has 0 radical (unpaired) electrons. The molecule has 0 fully saturated rings. The number of nitrogens with zero attached hydrogens (tertiary/aromatic N) is 3. The zero-order valence-electron chi connectivity index (χ0n) is 25.6. The maximum absolute atomic E-state index is 6.35. The summed E-state index contributed by atoms with van der Waals surface area (Å²) < 4.78 is 12.6. The van der Waals surface area contributed by atoms with Crippen molar-refractivity contribution in [1.29, 1.82) is 0 Å². The van der Waals surface area contributed by atoms with E-state index in [9.17, 15) is 0 Å². The van der Waals surface area contributed by atoms with Gasteiger partial charge in [0.05, 0.1) is 11.1 Å². The van der Waals surface area contributed by atoms with E-state index in [1.54, 1.807) is 0 Å². The second-order valence-corrected chi connectivity index (χ2v) is 12.1. The van der Waals surface area contributed by atoms with Gasteiger partial charge in [-0.25, -0.2) is 9.98 Å². The fraction of sp³-hybridized carbons (Fsp3) is 0.0238. The van der Waals surface area contributed by atoms with E-state index >= 15 is 0 Å². The van der Waals surface area contributed by atoms with Gasteiger partial charge in [0.2, 0.25) is 0 Å². The first-order valence-electron chi connectivity index (χ1n) is 16.0. The zero-order chi connectivity index (χ0) is 31.6. The van der Waals surface area contributed by atoms with Crippen LogP contribution in [0.25, 0.3) is 65.9 Å². The number of pyridine rings is 1. The molecule has 6 nitrogen and oxygen atoms in total. The highest BCUT2D eigenvalue weighted by Gasteiger charge is 2.24. The third-order valence-corrected chi connectivity index (χ3v) is 9.16. The van der Waals surface area contributed by atoms with Crippen molar-refractivity contribution in [3.63, 3.8) is 0 Å². The van der Waals surface area contributed by atoms with Crippen LogP contribution in [0.4, 0.5) is 0 Å². The molecule has 0 saturated heterocycles. The Labute approximate surface area is 274 Å². The van der Waals surface area contributed by atoms with E-state index in [-0.39, 0.29) is 6.17 Å². The molecule has 6 aromatic carbocycles. The van der Waals surface area contributed by atoms with E-state index in [0.29, 0.717) is 5.84 Å². The molecule has 1 aliphatic rings. The summed E-state index contributed by atoms with van der Waals surface area (Å²) in [6.07, 6.45) is 1.48. The Balaban J connectivity index is 1.15. The van der Waals surface area contributed by atoms with E-state index in [1.807, 2.05) is 72.9 Å². The molecule has 3 aromatic heterocycles. The van der Waals surface area contributed by atoms with Crippen molar-refractivity contribution in [1.82, 2.24) is 10.3 Å². The van der Waals surface area contributed by atoms with Crippen molar-refractivity contribution < 1.29 is 8.83 Å². The van der Waals surface area contributed by atoms with Gasteiger partial charge in [0.25, 0.3) is 0 Å². The number of furan rings is 2. The van der Waals surface area contributed by atoms with Gasteiger partial charge in [-0.1, -0.05) is 103 Å². The summed E-state index contributed by atoms with van der Waals surface area (Å²) in [5.74, 6) is 1.38. The molecule has 10 rings (SSSR count). The van der Waals surface area contributed by atoms with E-state index in [1.165, 1.54) is 0 Å². The van der Waals surface area contributed by atoms with Gasteiger partial charge in [-0.2, -0.15) is 0 Å². The van der Waals surface area contributed by atoms with Crippen LogP contribution in [0.5, 0.6) is 0 Å². The summed E-state index contributed by atoms with van der Waals surface area (Å²) in [6.45, 7) is 0. The molecule has 0 amide bonds. The van der Waals surface area contributed by atoms with Crippen LogP contribution >= 0.6 is 0 Å². The van der Waals surface area contributed by atoms with Crippen molar-refractivity contribution in [3.8, 4) is 11.3 Å². The smallest absolute Gasteiger partial charge is 0.159 e. The maximum atomic E-state index is 6.35. The van der Waals surface area contributed by atoms with Crippen LogP contribution in [-0.2, 0) is 0 Å². The second-order valence-electron chi connectivity index (χ2n) is 12.1. The standard InChI is InChI=1S/C42H26N4O2/c1-2-10-25(11-3-1)40-44-41(46-42(45-40)31-17-9-19-34-37(31)30-16-6-7-18-33(30)47-34)29-15-8-14-28(22-29)39-38-32-23-26-12-4-5-13-27(26)24-36(32)48-35(38)20-21-43-39/h1-24,40H,(H,44,45,46). The van der Waals surface area contributed by atoms with Crippen LogP contribution < -0.4 is 5.32 Å². The maximum Gasteiger partial charge on any atom is 0.159 e. The van der Waals surface area contributed by atoms with Gasteiger partial charge in [0.15, 0.2) is 5.84 Å². The molecule has 0 saturated carbocycles. The molecular weight excluding hydrogens is 592 g/mol. The monoisotopic (exact) mass is 618 g/mol. The lowest BCUT2D eigenvalue weighted by Crippen LogP contribution is -2.33. The van der Waals surface area contributed by atoms with Gasteiger partial charge in [-0.05, 0) is 52.7 Å². The number of fused-ring (bicyclic) bond motifs is 7. The lowest BCUT2D eigenvalue weighted by molar-refractivity contribution is 0.667. The number of hydrogen-bond donors (Lipinski definition) is 1. The fourth-order valence-electron chi connectivity index (χ4n) is 6.92. The second kappa shape index (κ2) is 10.5. The summed E-state index contributed by atoms with van der Waals surface area (Å²) >= 11 is 0. The van der Waals surface area contributed by atoms with Gasteiger partial charge in [-0.3, -0.25) is 4.98 Å². The average molecular weight is 619 g/mol. The number of hydrogen-bond acceptors (Lipinski definition) is 6. The first-order chi connectivity index (χ1) is 23.8. The van der Waals surface area contributed by atoms with Gasteiger partial charge < -0.3 is 14.2 Å². The fourth-order valence-corrected chi connectivity index (χ4v) is 6.92. The minimum Gasteiger partial charge on any atom is -0.456 e. The van der Waals surface area contributed by atoms with E-state index in [2.05, 4.69) is 78.1 Å². The van der Waals surface area contributed by atoms with Crippen LogP contribution in [0.3, 0.4) is 0 Å². The Morgan fingerprint density at radius 3 is 2.19 bits per heavy atom. The summed E-state index contributed by atoms with van der Waals surface area (Å²) in [7, 11) is 0. The molecule has 0 aliphatic carbocycles. The number of para-hydroxylation sites is 1. The van der Waals surface area contributed by atoms with Crippen LogP contribution in [0.1, 0.15) is 22.9 Å². The van der Waals surface area contributed by atoms with E-state index < -0.39 is 0 Å². The number of nitrogens with one attached hydrogen (secondary N) is 1. The number of amidine groups is 2. The third kappa shape index (κ3) is 4.23. The van der Waals surface area contributed by atoms with Gasteiger partial charge in [0.1, 0.15) is 34.3 Å². The molecule has 0 bridgehead atoms. The van der Waals surface area contributed by atoms with Crippen molar-refractivity contribution in [2.75, 3.05) is 0 Å². The largest absolute Gasteiger partial charge is 0.456 e. The number of benzene rings is 6. The topological polar surface area (TPSA) is 75.9 Å². The third-order valence-electron chi connectivity index (χ3n) is 9.16. The van der Waals surface area contributed by atoms with Gasteiger partial charge in [-0.15, -0.1) is 0 Å². The molecule has 4 heterocycles. The number of rotatable bonds is 4. The molecule has 226 valence electrons. The normalized spacial score (nSPS) is 14.9. The molecule has 9 aromatic rings. The van der Waals surface area contributed by atoms with Crippen LogP contribution in [-0.4, -0.2) is 16.7 Å². The zero-order valence-corrected chi connectivity index (χ0v) is 25.6. The SMILES string of the molecule is c1ccc(C2N=C(c3cccc(-c4nccc5oc6cc7ccccc7cc6c45)c3)N=C(c3cccc4oc5ccccc5c34)N2)cc1. The van der Waals surface area contributed by atoms with E-state index in [4.69, 9.17) is 23.8 Å². The van der Waals surface area contributed by atoms with Crippen molar-refractivity contribution in [2.24, 2.45) is 9.98 Å². The van der Waals surface area contributed by atoms with Gasteiger partial charge in [0, 0.05) is 39.0 Å². The summed E-state index contributed by atoms with van der Waals surface area (Å²) in [4.78, 5) is 15.2. The Kier molecular flexibility index (Phi) is 5.84. The molecule has 0 spiro atoms. The molecule has 1 aliphatic heterocycles. The van der Waals surface area contributed by atoms with Crippen molar-refractivity contribution in [3.05, 3.63) is 162 Å². The first kappa shape index (κ1) is 26.7. The molecule has 1 N–H and O–H groups in total. The molecule has 48 heavy (non-hydrogen) atoms. The lowest BCUT2D eigenvalue weighted by atomic mass is 10.0. The Hall–Kier alpha value is -6.53. The minimum absolute atomic E-state index is 0.335. The average Bonchev–Trinajstić information content (AvgIpc) is 3.72. The quantitative estimate of drug-likeness (QED) is 0.213. The van der Waals surface area contributed by atoms with Crippen molar-refractivity contribution in [2.45, 2.75) is 6.17 Å².